The molecule has 4 nitrogen and oxygen atoms in total. The molecular formula is C27H25NO3. The van der Waals surface area contributed by atoms with Crippen LogP contribution >= 0.6 is 0 Å². The van der Waals surface area contributed by atoms with Crippen LogP contribution in [0.1, 0.15) is 53.2 Å². The second-order valence-corrected chi connectivity index (χ2v) is 8.37. The van der Waals surface area contributed by atoms with E-state index in [1.807, 2.05) is 49.4 Å². The van der Waals surface area contributed by atoms with Crippen LogP contribution in [0.25, 0.3) is 0 Å². The van der Waals surface area contributed by atoms with Crippen molar-refractivity contribution in [2.45, 2.75) is 44.2 Å². The lowest BCUT2D eigenvalue weighted by Gasteiger charge is -2.24. The summed E-state index contributed by atoms with van der Waals surface area (Å²) in [6, 6.07) is 26.0. The van der Waals surface area contributed by atoms with E-state index in [0.29, 0.717) is 0 Å². The van der Waals surface area contributed by atoms with Gasteiger partial charge < -0.3 is 4.74 Å². The smallest absolute Gasteiger partial charge is 0.417 e. The van der Waals surface area contributed by atoms with Gasteiger partial charge in [-0.25, -0.2) is 9.69 Å². The normalized spacial score (nSPS) is 20.5. The highest BCUT2D eigenvalue weighted by Gasteiger charge is 2.44. The molecule has 1 aliphatic carbocycles. The summed E-state index contributed by atoms with van der Waals surface area (Å²) in [4.78, 5) is 27.5. The Balaban J connectivity index is 1.46. The van der Waals surface area contributed by atoms with Crippen LogP contribution in [0.2, 0.25) is 0 Å². The van der Waals surface area contributed by atoms with E-state index in [2.05, 4.69) is 36.4 Å². The van der Waals surface area contributed by atoms with E-state index in [0.717, 1.165) is 18.4 Å². The number of hydrogen-bond donors (Lipinski definition) is 0. The lowest BCUT2D eigenvalue weighted by atomic mass is 9.85. The van der Waals surface area contributed by atoms with Crippen LogP contribution in [0, 0.1) is 0 Å². The van der Waals surface area contributed by atoms with Crippen LogP contribution in [0.4, 0.5) is 4.79 Å². The van der Waals surface area contributed by atoms with Gasteiger partial charge in [0.15, 0.2) is 0 Å². The lowest BCUT2D eigenvalue weighted by Crippen LogP contribution is -2.38. The molecule has 2 amide bonds. The average Bonchev–Trinajstić information content (AvgIpc) is 3.01. The van der Waals surface area contributed by atoms with Gasteiger partial charge >= 0.3 is 6.09 Å². The van der Waals surface area contributed by atoms with Crippen molar-refractivity contribution in [3.05, 3.63) is 107 Å². The zero-order valence-electron chi connectivity index (χ0n) is 17.5. The van der Waals surface area contributed by atoms with E-state index in [1.165, 1.54) is 27.2 Å². The second kappa shape index (κ2) is 8.03. The first kappa shape index (κ1) is 19.6. The van der Waals surface area contributed by atoms with Crippen molar-refractivity contribution < 1.29 is 14.3 Å². The van der Waals surface area contributed by atoms with E-state index < -0.39 is 12.2 Å². The van der Waals surface area contributed by atoms with Crippen LogP contribution in [0.5, 0.6) is 0 Å². The van der Waals surface area contributed by atoms with E-state index in [4.69, 9.17) is 4.74 Å². The number of amides is 2. The largest absolute Gasteiger partial charge is 0.439 e. The molecule has 0 saturated carbocycles. The highest BCUT2D eigenvalue weighted by molar-refractivity contribution is 5.94. The molecule has 0 spiro atoms. The molecule has 3 aromatic rings. The number of aryl methyl sites for hydroxylation is 2. The van der Waals surface area contributed by atoms with Gasteiger partial charge in [0, 0.05) is 12.3 Å². The topological polar surface area (TPSA) is 46.6 Å². The first-order chi connectivity index (χ1) is 15.1. The molecule has 2 atom stereocenters. The molecule has 1 heterocycles. The minimum atomic E-state index is -0.554. The van der Waals surface area contributed by atoms with Crippen LogP contribution in [0.3, 0.4) is 0 Å². The Bertz CT molecular complexity index is 1080. The van der Waals surface area contributed by atoms with E-state index >= 15 is 0 Å². The zero-order valence-corrected chi connectivity index (χ0v) is 17.5. The summed E-state index contributed by atoms with van der Waals surface area (Å²) in [5, 5.41) is 0. The van der Waals surface area contributed by atoms with Crippen LogP contribution in [-0.2, 0) is 22.4 Å². The fourth-order valence-corrected chi connectivity index (χ4v) is 5.02. The Labute approximate surface area is 182 Å². The average molecular weight is 412 g/mol. The minimum absolute atomic E-state index is 0.0711. The van der Waals surface area contributed by atoms with E-state index in [-0.39, 0.29) is 24.3 Å². The Hall–Kier alpha value is -3.40. The summed E-state index contributed by atoms with van der Waals surface area (Å²) in [7, 11) is 0. The molecule has 0 radical (unpaired) electrons. The molecule has 156 valence electrons. The SMILES string of the molecule is C[C@@H]1[C@H](c2ccccc2)OC(=O)N1C(=O)CC1c2ccccc2CCc2ccccc21. The van der Waals surface area contributed by atoms with Crippen molar-refractivity contribution >= 4 is 12.0 Å². The van der Waals surface area contributed by atoms with Crippen LogP contribution < -0.4 is 0 Å². The molecule has 4 heteroatoms. The highest BCUT2D eigenvalue weighted by atomic mass is 16.6. The number of carbonyl (C=O) groups is 2. The maximum atomic E-state index is 13.5. The van der Waals surface area contributed by atoms with E-state index in [9.17, 15) is 9.59 Å². The van der Waals surface area contributed by atoms with Gasteiger partial charge in [-0.05, 0) is 47.6 Å². The third kappa shape index (κ3) is 3.52. The molecule has 31 heavy (non-hydrogen) atoms. The first-order valence-electron chi connectivity index (χ1n) is 10.9. The van der Waals surface area contributed by atoms with Gasteiger partial charge in [0.1, 0.15) is 6.10 Å². The van der Waals surface area contributed by atoms with Crippen LogP contribution in [-0.4, -0.2) is 22.9 Å². The number of fused-ring (bicyclic) bond motifs is 2. The summed E-state index contributed by atoms with van der Waals surface area (Å²) < 4.78 is 5.61. The van der Waals surface area contributed by atoms with E-state index in [1.54, 1.807) is 0 Å². The number of cyclic esters (lactones) is 1. The third-order valence-electron chi connectivity index (χ3n) is 6.57. The Kier molecular flexibility index (Phi) is 5.06. The monoisotopic (exact) mass is 411 g/mol. The predicted octanol–water partition coefficient (Wildman–Crippen LogP) is 5.42. The van der Waals surface area contributed by atoms with Gasteiger partial charge in [-0.15, -0.1) is 0 Å². The Morgan fingerprint density at radius 2 is 1.42 bits per heavy atom. The van der Waals surface area contributed by atoms with Crippen molar-refractivity contribution in [1.82, 2.24) is 4.90 Å². The van der Waals surface area contributed by atoms with Gasteiger partial charge in [-0.1, -0.05) is 78.9 Å². The second-order valence-electron chi connectivity index (χ2n) is 8.37. The molecule has 0 aromatic heterocycles. The fourth-order valence-electron chi connectivity index (χ4n) is 5.02. The fraction of sp³-hybridized carbons (Fsp3) is 0.259. The van der Waals surface area contributed by atoms with Crippen LogP contribution in [0.15, 0.2) is 78.9 Å². The molecule has 0 unspecified atom stereocenters. The van der Waals surface area contributed by atoms with Crippen molar-refractivity contribution in [2.24, 2.45) is 0 Å². The number of ether oxygens (including phenoxy) is 1. The molecular weight excluding hydrogens is 386 g/mol. The highest BCUT2D eigenvalue weighted by Crippen LogP contribution is 2.39. The molecule has 5 rings (SSSR count). The predicted molar refractivity (Wildman–Crippen MR) is 119 cm³/mol. The van der Waals surface area contributed by atoms with Crippen molar-refractivity contribution in [2.75, 3.05) is 0 Å². The quantitative estimate of drug-likeness (QED) is 0.578. The third-order valence-corrected chi connectivity index (χ3v) is 6.57. The van der Waals surface area contributed by atoms with Gasteiger partial charge in [0.05, 0.1) is 6.04 Å². The molecule has 3 aromatic carbocycles. The summed E-state index contributed by atoms with van der Waals surface area (Å²) in [6.45, 7) is 1.88. The van der Waals surface area contributed by atoms with Crippen molar-refractivity contribution in [1.29, 1.82) is 0 Å². The van der Waals surface area contributed by atoms with Crippen molar-refractivity contribution in [3.63, 3.8) is 0 Å². The number of benzene rings is 3. The number of rotatable bonds is 3. The maximum Gasteiger partial charge on any atom is 0.417 e. The molecule has 0 N–H and O–H groups in total. The first-order valence-corrected chi connectivity index (χ1v) is 10.9. The summed E-state index contributed by atoms with van der Waals surface area (Å²) in [5.74, 6) is -0.259. The molecule has 2 aliphatic rings. The number of hydrogen-bond acceptors (Lipinski definition) is 3. The molecule has 1 saturated heterocycles. The number of carbonyl (C=O) groups excluding carboxylic acids is 2. The molecule has 0 bridgehead atoms. The summed E-state index contributed by atoms with van der Waals surface area (Å²) >= 11 is 0. The molecule has 1 aliphatic heterocycles. The Morgan fingerprint density at radius 3 is 2.03 bits per heavy atom. The van der Waals surface area contributed by atoms with Gasteiger partial charge in [0.2, 0.25) is 5.91 Å². The number of nitrogens with zero attached hydrogens (tertiary/aromatic N) is 1. The van der Waals surface area contributed by atoms with Gasteiger partial charge in [0.25, 0.3) is 0 Å². The van der Waals surface area contributed by atoms with Crippen molar-refractivity contribution in [3.8, 4) is 0 Å². The van der Waals surface area contributed by atoms with Gasteiger partial charge in [-0.3, -0.25) is 4.79 Å². The number of imide groups is 1. The Morgan fingerprint density at radius 1 is 0.871 bits per heavy atom. The lowest BCUT2D eigenvalue weighted by molar-refractivity contribution is -0.129. The maximum absolute atomic E-state index is 13.5. The zero-order chi connectivity index (χ0) is 21.4. The van der Waals surface area contributed by atoms with Gasteiger partial charge in [-0.2, -0.15) is 0 Å². The summed E-state index contributed by atoms with van der Waals surface area (Å²) in [6.07, 6.45) is 1.16. The standard InChI is InChI=1S/C27H25NO3/c1-18-26(21-11-3-2-4-12-21)31-27(30)28(18)25(29)17-24-22-13-7-5-9-19(22)15-16-20-10-6-8-14-23(20)24/h2-14,18,24,26H,15-17H2,1H3/t18-,26-/m1/s1. The minimum Gasteiger partial charge on any atom is -0.439 e. The summed E-state index contributed by atoms with van der Waals surface area (Å²) in [5.41, 5.74) is 5.82. The molecule has 1 fully saturated rings.